The van der Waals surface area contributed by atoms with Gasteiger partial charge in [-0.25, -0.2) is 0 Å². The van der Waals surface area contributed by atoms with Crippen molar-refractivity contribution in [1.29, 1.82) is 0 Å². The highest BCUT2D eigenvalue weighted by Gasteiger charge is 2.34. The smallest absolute Gasteiger partial charge is 0.268 e. The Labute approximate surface area is 117 Å². The van der Waals surface area contributed by atoms with Crippen LogP contribution in [0.25, 0.3) is 6.08 Å². The third kappa shape index (κ3) is 3.07. The van der Waals surface area contributed by atoms with Crippen molar-refractivity contribution >= 4 is 29.0 Å². The van der Waals surface area contributed by atoms with Gasteiger partial charge in [-0.15, -0.1) is 0 Å². The first kappa shape index (κ1) is 13.9. The number of imide groups is 1. The molecule has 1 aliphatic heterocycles. The number of thioether (sulfide) groups is 1. The van der Waals surface area contributed by atoms with Crippen LogP contribution in [-0.2, 0) is 11.2 Å². The monoisotopic (exact) mass is 275 g/mol. The Bertz CT molecular complexity index is 519. The molecular weight excluding hydrogens is 258 g/mol. The summed E-state index contributed by atoms with van der Waals surface area (Å²) in [5.74, 6) is -0.170. The number of hydrogen-bond acceptors (Lipinski definition) is 3. The van der Waals surface area contributed by atoms with Crippen LogP contribution in [-0.4, -0.2) is 22.6 Å². The topological polar surface area (TPSA) is 37.4 Å². The molecule has 0 spiro atoms. The molecule has 2 rings (SSSR count). The lowest BCUT2D eigenvalue weighted by atomic mass is 10.1. The zero-order valence-electron chi connectivity index (χ0n) is 11.2. The van der Waals surface area contributed by atoms with Crippen LogP contribution < -0.4 is 0 Å². The second-order valence-corrected chi connectivity index (χ2v) is 5.42. The van der Waals surface area contributed by atoms with Crippen LogP contribution in [0.2, 0.25) is 0 Å². The van der Waals surface area contributed by atoms with Gasteiger partial charge in [0.2, 0.25) is 0 Å². The molecule has 0 atom stereocenters. The molecular formula is C15H17NO2S. The van der Waals surface area contributed by atoms with Crippen LogP contribution in [0, 0.1) is 0 Å². The van der Waals surface area contributed by atoms with Crippen molar-refractivity contribution < 1.29 is 9.59 Å². The van der Waals surface area contributed by atoms with Crippen molar-refractivity contribution in [3.63, 3.8) is 0 Å². The molecule has 1 aliphatic rings. The van der Waals surface area contributed by atoms with Crippen molar-refractivity contribution in [1.82, 2.24) is 4.90 Å². The summed E-state index contributed by atoms with van der Waals surface area (Å²) in [5, 5.41) is -0.164. The zero-order valence-corrected chi connectivity index (χ0v) is 12.0. The fourth-order valence-electron chi connectivity index (χ4n) is 1.92. The average molecular weight is 275 g/mol. The maximum Gasteiger partial charge on any atom is 0.293 e. The van der Waals surface area contributed by atoms with E-state index in [9.17, 15) is 9.59 Å². The van der Waals surface area contributed by atoms with E-state index in [2.05, 4.69) is 6.92 Å². The Morgan fingerprint density at radius 1 is 1.16 bits per heavy atom. The third-order valence-electron chi connectivity index (χ3n) is 3.01. The standard InChI is InChI=1S/C15H17NO2S/c1-3-9-16-14(17)13(19-15(16)18)10-12-7-5-11(4-2)6-8-12/h5-8,10H,3-4,9H2,1-2H3/b13-10+. The second-order valence-electron chi connectivity index (χ2n) is 4.43. The molecule has 0 unspecified atom stereocenters. The highest BCUT2D eigenvalue weighted by Crippen LogP contribution is 2.32. The Morgan fingerprint density at radius 3 is 2.42 bits per heavy atom. The SMILES string of the molecule is CCCN1C(=O)S/C(=C/c2ccc(CC)cc2)C1=O. The van der Waals surface area contributed by atoms with Crippen LogP contribution >= 0.6 is 11.8 Å². The highest BCUT2D eigenvalue weighted by atomic mass is 32.2. The number of carbonyl (C=O) groups is 2. The molecule has 0 aromatic heterocycles. The summed E-state index contributed by atoms with van der Waals surface area (Å²) in [5.41, 5.74) is 2.22. The zero-order chi connectivity index (χ0) is 13.8. The van der Waals surface area contributed by atoms with E-state index >= 15 is 0 Å². The Hall–Kier alpha value is -1.55. The first-order valence-electron chi connectivity index (χ1n) is 6.50. The van der Waals surface area contributed by atoms with Crippen molar-refractivity contribution in [2.24, 2.45) is 0 Å². The highest BCUT2D eigenvalue weighted by molar-refractivity contribution is 8.18. The predicted octanol–water partition coefficient (Wildman–Crippen LogP) is 3.70. The summed E-state index contributed by atoms with van der Waals surface area (Å²) in [7, 11) is 0. The summed E-state index contributed by atoms with van der Waals surface area (Å²) in [6, 6.07) is 8.05. The van der Waals surface area contributed by atoms with Gasteiger partial charge in [-0.2, -0.15) is 0 Å². The van der Waals surface area contributed by atoms with Gasteiger partial charge in [0.05, 0.1) is 4.91 Å². The van der Waals surface area contributed by atoms with Crippen LogP contribution in [0.5, 0.6) is 0 Å². The van der Waals surface area contributed by atoms with Gasteiger partial charge in [0.25, 0.3) is 11.1 Å². The quantitative estimate of drug-likeness (QED) is 0.786. The largest absolute Gasteiger partial charge is 0.293 e. The van der Waals surface area contributed by atoms with E-state index in [0.29, 0.717) is 11.4 Å². The minimum absolute atomic E-state index is 0.164. The minimum Gasteiger partial charge on any atom is -0.268 e. The van der Waals surface area contributed by atoms with E-state index in [1.165, 1.54) is 10.5 Å². The van der Waals surface area contributed by atoms with Gasteiger partial charge in [0.15, 0.2) is 0 Å². The summed E-state index contributed by atoms with van der Waals surface area (Å²) < 4.78 is 0. The second kappa shape index (κ2) is 6.06. The van der Waals surface area contributed by atoms with E-state index < -0.39 is 0 Å². The van der Waals surface area contributed by atoms with E-state index in [4.69, 9.17) is 0 Å². The van der Waals surface area contributed by atoms with Crippen LogP contribution in [0.4, 0.5) is 4.79 Å². The van der Waals surface area contributed by atoms with Gasteiger partial charge < -0.3 is 0 Å². The van der Waals surface area contributed by atoms with Crippen molar-refractivity contribution in [3.05, 3.63) is 40.3 Å². The molecule has 0 N–H and O–H groups in total. The number of carbonyl (C=O) groups excluding carboxylic acids is 2. The minimum atomic E-state index is -0.170. The molecule has 0 aliphatic carbocycles. The normalized spacial score (nSPS) is 17.6. The van der Waals surface area contributed by atoms with Gasteiger partial charge in [-0.3, -0.25) is 14.5 Å². The molecule has 1 aromatic carbocycles. The molecule has 19 heavy (non-hydrogen) atoms. The molecule has 1 aromatic rings. The van der Waals surface area contributed by atoms with Crippen LogP contribution in [0.3, 0.4) is 0 Å². The van der Waals surface area contributed by atoms with Gasteiger partial charge >= 0.3 is 0 Å². The summed E-state index contributed by atoms with van der Waals surface area (Å²) in [6.45, 7) is 4.55. The van der Waals surface area contributed by atoms with Crippen LogP contribution in [0.1, 0.15) is 31.4 Å². The van der Waals surface area contributed by atoms with Gasteiger partial charge in [0.1, 0.15) is 0 Å². The molecule has 0 bridgehead atoms. The lowest BCUT2D eigenvalue weighted by molar-refractivity contribution is -0.122. The van der Waals surface area contributed by atoms with Crippen molar-refractivity contribution in [2.45, 2.75) is 26.7 Å². The third-order valence-corrected chi connectivity index (χ3v) is 3.91. The fourth-order valence-corrected chi connectivity index (χ4v) is 2.78. The Kier molecular flexibility index (Phi) is 4.43. The first-order chi connectivity index (χ1) is 9.15. The van der Waals surface area contributed by atoms with E-state index in [1.54, 1.807) is 6.08 Å². The number of nitrogens with zero attached hydrogens (tertiary/aromatic N) is 1. The molecule has 0 saturated carbocycles. The fraction of sp³-hybridized carbons (Fsp3) is 0.333. The maximum atomic E-state index is 12.0. The average Bonchev–Trinajstić information content (AvgIpc) is 2.68. The van der Waals surface area contributed by atoms with Gasteiger partial charge in [-0.05, 0) is 41.8 Å². The van der Waals surface area contributed by atoms with Gasteiger partial charge in [-0.1, -0.05) is 38.1 Å². The lowest BCUT2D eigenvalue weighted by Crippen LogP contribution is -2.28. The number of benzene rings is 1. The Balaban J connectivity index is 2.19. The first-order valence-corrected chi connectivity index (χ1v) is 7.31. The summed E-state index contributed by atoms with van der Waals surface area (Å²) in [4.78, 5) is 25.6. The van der Waals surface area contributed by atoms with Crippen LogP contribution in [0.15, 0.2) is 29.2 Å². The maximum absolute atomic E-state index is 12.0. The van der Waals surface area contributed by atoms with E-state index in [1.807, 2.05) is 31.2 Å². The Morgan fingerprint density at radius 2 is 1.84 bits per heavy atom. The summed E-state index contributed by atoms with van der Waals surface area (Å²) >= 11 is 1.03. The van der Waals surface area contributed by atoms with Crippen molar-refractivity contribution in [2.75, 3.05) is 6.54 Å². The molecule has 2 amide bonds. The molecule has 4 heteroatoms. The number of aryl methyl sites for hydroxylation is 1. The number of amides is 2. The van der Waals surface area contributed by atoms with Gasteiger partial charge in [0, 0.05) is 6.54 Å². The number of rotatable bonds is 4. The van der Waals surface area contributed by atoms with E-state index in [-0.39, 0.29) is 11.1 Å². The lowest BCUT2D eigenvalue weighted by Gasteiger charge is -2.09. The summed E-state index contributed by atoms with van der Waals surface area (Å²) in [6.07, 6.45) is 3.57. The predicted molar refractivity (Wildman–Crippen MR) is 78.8 cm³/mol. The molecule has 100 valence electrons. The molecule has 0 radical (unpaired) electrons. The molecule has 1 heterocycles. The molecule has 3 nitrogen and oxygen atoms in total. The molecule has 1 saturated heterocycles. The van der Waals surface area contributed by atoms with E-state index in [0.717, 1.165) is 30.2 Å². The van der Waals surface area contributed by atoms with Crippen molar-refractivity contribution in [3.8, 4) is 0 Å². The number of hydrogen-bond donors (Lipinski definition) is 0. The molecule has 1 fully saturated rings.